The van der Waals surface area contributed by atoms with Crippen LogP contribution in [0, 0.1) is 10.1 Å². The molecule has 1 aliphatic rings. The standard InChI is InChI=1S/C15H18F3N3O4/c1-25-13-4-3-11(9-12(13)21(23)24)14(22)20-6-2-5-19(7-8-20)10-15(16,17)18/h3-4,9H,2,5-8,10H2,1H3. The molecule has 0 aromatic heterocycles. The summed E-state index contributed by atoms with van der Waals surface area (Å²) in [5, 5.41) is 11.1. The fourth-order valence-corrected chi connectivity index (χ4v) is 2.73. The van der Waals surface area contributed by atoms with Crippen LogP contribution in [-0.2, 0) is 0 Å². The van der Waals surface area contributed by atoms with Gasteiger partial charge in [0.15, 0.2) is 5.75 Å². The number of amides is 1. The van der Waals surface area contributed by atoms with Crippen LogP contribution in [0.1, 0.15) is 16.8 Å². The Morgan fingerprint density at radius 3 is 2.60 bits per heavy atom. The van der Waals surface area contributed by atoms with Crippen LogP contribution < -0.4 is 4.74 Å². The van der Waals surface area contributed by atoms with Gasteiger partial charge in [0.1, 0.15) is 0 Å². The molecule has 0 bridgehead atoms. The fraction of sp³-hybridized carbons (Fsp3) is 0.533. The minimum Gasteiger partial charge on any atom is -0.490 e. The molecule has 0 N–H and O–H groups in total. The summed E-state index contributed by atoms with van der Waals surface area (Å²) < 4.78 is 42.3. The summed E-state index contributed by atoms with van der Waals surface area (Å²) >= 11 is 0. The smallest absolute Gasteiger partial charge is 0.401 e. The van der Waals surface area contributed by atoms with Gasteiger partial charge in [0, 0.05) is 37.8 Å². The zero-order chi connectivity index (χ0) is 18.6. The summed E-state index contributed by atoms with van der Waals surface area (Å²) in [6, 6.07) is 3.87. The molecule has 2 rings (SSSR count). The highest BCUT2D eigenvalue weighted by atomic mass is 19.4. The number of nitrogens with zero attached hydrogens (tertiary/aromatic N) is 3. The van der Waals surface area contributed by atoms with Crippen LogP contribution in [0.15, 0.2) is 18.2 Å². The second kappa shape index (κ2) is 7.68. The predicted octanol–water partition coefficient (Wildman–Crippen LogP) is 2.31. The molecule has 0 atom stereocenters. The molecule has 138 valence electrons. The number of carbonyl (C=O) groups is 1. The fourth-order valence-electron chi connectivity index (χ4n) is 2.73. The van der Waals surface area contributed by atoms with Crippen LogP contribution in [0.5, 0.6) is 5.75 Å². The van der Waals surface area contributed by atoms with Gasteiger partial charge >= 0.3 is 11.9 Å². The van der Waals surface area contributed by atoms with Crippen molar-refractivity contribution < 1.29 is 27.6 Å². The van der Waals surface area contributed by atoms with Gasteiger partial charge in [-0.25, -0.2) is 0 Å². The third-order valence-corrected chi connectivity index (χ3v) is 3.90. The number of nitro benzene ring substituents is 1. The molecule has 10 heteroatoms. The number of alkyl halides is 3. The molecule has 25 heavy (non-hydrogen) atoms. The largest absolute Gasteiger partial charge is 0.490 e. The number of carbonyl (C=O) groups excluding carboxylic acids is 1. The van der Waals surface area contributed by atoms with Crippen molar-refractivity contribution in [3.63, 3.8) is 0 Å². The Hall–Kier alpha value is -2.36. The minimum absolute atomic E-state index is 0.0359. The Morgan fingerprint density at radius 1 is 1.28 bits per heavy atom. The average Bonchev–Trinajstić information content (AvgIpc) is 2.77. The van der Waals surface area contributed by atoms with Crippen molar-refractivity contribution in [2.45, 2.75) is 12.6 Å². The average molecular weight is 361 g/mol. The van der Waals surface area contributed by atoms with E-state index in [2.05, 4.69) is 0 Å². The number of methoxy groups -OCH3 is 1. The van der Waals surface area contributed by atoms with Gasteiger partial charge in [-0.1, -0.05) is 0 Å². The first-order valence-corrected chi connectivity index (χ1v) is 7.62. The summed E-state index contributed by atoms with van der Waals surface area (Å²) in [6.07, 6.45) is -3.88. The lowest BCUT2D eigenvalue weighted by Gasteiger charge is -2.22. The zero-order valence-electron chi connectivity index (χ0n) is 13.6. The van der Waals surface area contributed by atoms with Gasteiger partial charge in [-0.3, -0.25) is 19.8 Å². The summed E-state index contributed by atoms with van der Waals surface area (Å²) in [5.41, 5.74) is -0.223. The molecular weight excluding hydrogens is 343 g/mol. The lowest BCUT2D eigenvalue weighted by molar-refractivity contribution is -0.385. The minimum atomic E-state index is -4.28. The van der Waals surface area contributed by atoms with E-state index in [1.807, 2.05) is 0 Å². The van der Waals surface area contributed by atoms with E-state index in [1.54, 1.807) is 0 Å². The molecule has 1 fully saturated rings. The molecule has 0 aliphatic carbocycles. The van der Waals surface area contributed by atoms with Crippen LogP contribution in [0.2, 0.25) is 0 Å². The number of ether oxygens (including phenoxy) is 1. The predicted molar refractivity (Wildman–Crippen MR) is 82.7 cm³/mol. The van der Waals surface area contributed by atoms with E-state index < -0.39 is 23.6 Å². The van der Waals surface area contributed by atoms with E-state index in [0.717, 1.165) is 6.07 Å². The Balaban J connectivity index is 2.10. The van der Waals surface area contributed by atoms with E-state index >= 15 is 0 Å². The van der Waals surface area contributed by atoms with Gasteiger partial charge in [0.2, 0.25) is 0 Å². The Morgan fingerprint density at radius 2 is 2.00 bits per heavy atom. The molecular formula is C15H18F3N3O4. The molecule has 0 radical (unpaired) electrons. The van der Waals surface area contributed by atoms with Crippen molar-refractivity contribution in [2.75, 3.05) is 39.8 Å². The van der Waals surface area contributed by atoms with Crippen molar-refractivity contribution in [1.29, 1.82) is 0 Å². The topological polar surface area (TPSA) is 75.9 Å². The third-order valence-electron chi connectivity index (χ3n) is 3.90. The van der Waals surface area contributed by atoms with E-state index in [-0.39, 0.29) is 36.6 Å². The monoisotopic (exact) mass is 361 g/mol. The van der Waals surface area contributed by atoms with E-state index in [9.17, 15) is 28.1 Å². The third kappa shape index (κ3) is 5.05. The highest BCUT2D eigenvalue weighted by molar-refractivity contribution is 5.95. The van der Waals surface area contributed by atoms with Crippen molar-refractivity contribution in [2.24, 2.45) is 0 Å². The Kier molecular flexibility index (Phi) is 5.83. The van der Waals surface area contributed by atoms with E-state index in [1.165, 1.54) is 29.0 Å². The van der Waals surface area contributed by atoms with Crippen molar-refractivity contribution in [3.05, 3.63) is 33.9 Å². The molecule has 1 aromatic rings. The maximum absolute atomic E-state index is 12.5. The quantitative estimate of drug-likeness (QED) is 0.608. The molecule has 0 saturated carbocycles. The Labute approximate surface area is 142 Å². The maximum Gasteiger partial charge on any atom is 0.401 e. The molecule has 0 spiro atoms. The highest BCUT2D eigenvalue weighted by Gasteiger charge is 2.32. The first kappa shape index (κ1) is 19.0. The van der Waals surface area contributed by atoms with Crippen LogP contribution in [0.4, 0.5) is 18.9 Å². The van der Waals surface area contributed by atoms with Crippen LogP contribution in [0.3, 0.4) is 0 Å². The number of nitro groups is 1. The van der Waals surface area contributed by atoms with Crippen LogP contribution in [-0.4, -0.2) is 66.6 Å². The van der Waals surface area contributed by atoms with Crippen LogP contribution >= 0.6 is 0 Å². The second-order valence-electron chi connectivity index (χ2n) is 5.68. The first-order chi connectivity index (χ1) is 11.7. The molecule has 7 nitrogen and oxygen atoms in total. The van der Waals surface area contributed by atoms with E-state index in [4.69, 9.17) is 4.74 Å². The van der Waals surface area contributed by atoms with Crippen molar-refractivity contribution in [1.82, 2.24) is 9.80 Å². The van der Waals surface area contributed by atoms with Gasteiger partial charge in [0.25, 0.3) is 5.91 Å². The SMILES string of the molecule is COc1ccc(C(=O)N2CCCN(CC(F)(F)F)CC2)cc1[N+](=O)[O-]. The number of rotatable bonds is 4. The number of hydrogen-bond donors (Lipinski definition) is 0. The van der Waals surface area contributed by atoms with Gasteiger partial charge in [-0.05, 0) is 18.6 Å². The maximum atomic E-state index is 12.5. The normalized spacial score (nSPS) is 16.4. The van der Waals surface area contributed by atoms with Crippen LogP contribution in [0.25, 0.3) is 0 Å². The second-order valence-corrected chi connectivity index (χ2v) is 5.68. The number of benzene rings is 1. The lowest BCUT2D eigenvalue weighted by atomic mass is 10.1. The molecule has 1 heterocycles. The highest BCUT2D eigenvalue weighted by Crippen LogP contribution is 2.28. The van der Waals surface area contributed by atoms with Crippen molar-refractivity contribution in [3.8, 4) is 5.75 Å². The van der Waals surface area contributed by atoms with Gasteiger partial charge in [-0.15, -0.1) is 0 Å². The van der Waals surface area contributed by atoms with Gasteiger partial charge < -0.3 is 9.64 Å². The number of halogens is 3. The summed E-state index contributed by atoms with van der Waals surface area (Å²) in [5.74, 6) is -0.409. The molecule has 0 unspecified atom stereocenters. The molecule has 1 aliphatic heterocycles. The molecule has 1 aromatic carbocycles. The molecule has 1 amide bonds. The summed E-state index contributed by atoms with van der Waals surface area (Å²) in [6.45, 7) is -0.236. The van der Waals surface area contributed by atoms with Gasteiger partial charge in [0.05, 0.1) is 18.6 Å². The van der Waals surface area contributed by atoms with Gasteiger partial charge in [-0.2, -0.15) is 13.2 Å². The molecule has 1 saturated heterocycles. The zero-order valence-corrected chi connectivity index (χ0v) is 13.6. The summed E-state index contributed by atoms with van der Waals surface area (Å²) in [7, 11) is 1.29. The lowest BCUT2D eigenvalue weighted by Crippen LogP contribution is -2.38. The first-order valence-electron chi connectivity index (χ1n) is 7.62. The Bertz CT molecular complexity index is 651. The van der Waals surface area contributed by atoms with E-state index in [0.29, 0.717) is 13.0 Å². The summed E-state index contributed by atoms with van der Waals surface area (Å²) in [4.78, 5) is 25.6. The van der Waals surface area contributed by atoms with Crippen molar-refractivity contribution >= 4 is 11.6 Å². The number of hydrogen-bond acceptors (Lipinski definition) is 5.